The van der Waals surface area contributed by atoms with Gasteiger partial charge in [0.05, 0.1) is 35.3 Å². The van der Waals surface area contributed by atoms with Crippen LogP contribution in [0.2, 0.25) is 0 Å². The average Bonchev–Trinajstić information content (AvgIpc) is 2.74. The zero-order valence-electron chi connectivity index (χ0n) is 17.2. The molecule has 2 aromatic carbocycles. The Morgan fingerprint density at radius 1 is 1.25 bits per heavy atom. The summed E-state index contributed by atoms with van der Waals surface area (Å²) < 4.78 is 45.9. The van der Waals surface area contributed by atoms with Crippen molar-refractivity contribution in [2.45, 2.75) is 25.9 Å². The van der Waals surface area contributed by atoms with Crippen molar-refractivity contribution in [2.75, 3.05) is 11.5 Å². The zero-order valence-corrected chi connectivity index (χ0v) is 18.8. The van der Waals surface area contributed by atoms with Gasteiger partial charge in [0.15, 0.2) is 0 Å². The Kier molecular flexibility index (Phi) is 6.65. The second-order valence-electron chi connectivity index (χ2n) is 7.00. The number of esters is 1. The number of allylic oxidation sites excluding steroid dienone is 2. The summed E-state index contributed by atoms with van der Waals surface area (Å²) >= 11 is 3.35. The van der Waals surface area contributed by atoms with Crippen molar-refractivity contribution in [3.63, 3.8) is 0 Å². The second-order valence-corrected chi connectivity index (χ2v) is 7.91. The molecule has 3 rings (SSSR count). The number of nitriles is 1. The molecule has 0 aromatic heterocycles. The standard InChI is InChI=1S/C23H19BrF3N3O2/c1-3-32-22(31)20-19(14-7-9-16(24)10-8-14)18(12-28)13(2)30(21(20)29)17-6-4-5-15(11-17)23(25,26)27/h4-11,19H,3,29H2,1-2H3. The summed E-state index contributed by atoms with van der Waals surface area (Å²) in [5, 5.41) is 9.97. The molecule has 0 amide bonds. The lowest BCUT2D eigenvalue weighted by Crippen LogP contribution is -2.37. The van der Waals surface area contributed by atoms with E-state index in [1.165, 1.54) is 17.0 Å². The molecule has 2 N–H and O–H groups in total. The van der Waals surface area contributed by atoms with Crippen LogP contribution < -0.4 is 10.6 Å². The van der Waals surface area contributed by atoms with Gasteiger partial charge in [-0.05, 0) is 49.7 Å². The summed E-state index contributed by atoms with van der Waals surface area (Å²) in [6, 6.07) is 13.7. The van der Waals surface area contributed by atoms with Gasteiger partial charge in [-0.3, -0.25) is 4.90 Å². The Morgan fingerprint density at radius 3 is 2.47 bits per heavy atom. The minimum absolute atomic E-state index is 0.00580. The monoisotopic (exact) mass is 505 g/mol. The van der Waals surface area contributed by atoms with Gasteiger partial charge in [0, 0.05) is 15.9 Å². The highest BCUT2D eigenvalue weighted by Crippen LogP contribution is 2.43. The van der Waals surface area contributed by atoms with E-state index in [2.05, 4.69) is 22.0 Å². The van der Waals surface area contributed by atoms with Crippen LogP contribution in [0.4, 0.5) is 18.9 Å². The van der Waals surface area contributed by atoms with Crippen LogP contribution >= 0.6 is 15.9 Å². The summed E-state index contributed by atoms with van der Waals surface area (Å²) in [5.41, 5.74) is 6.71. The molecule has 1 aliphatic rings. The molecule has 9 heteroatoms. The second kappa shape index (κ2) is 9.09. The topological polar surface area (TPSA) is 79.3 Å². The number of nitrogens with two attached hydrogens (primary N) is 1. The van der Waals surface area contributed by atoms with Crippen LogP contribution in [0.25, 0.3) is 0 Å². The SMILES string of the molecule is CCOC(=O)C1=C(N)N(c2cccc(C(F)(F)F)c2)C(C)=C(C#N)C1c1ccc(Br)cc1. The third-order valence-corrected chi connectivity index (χ3v) is 5.60. The third-order valence-electron chi connectivity index (χ3n) is 5.07. The summed E-state index contributed by atoms with van der Waals surface area (Å²) in [6.45, 7) is 3.28. The number of nitrogens with zero attached hydrogens (tertiary/aromatic N) is 2. The fourth-order valence-corrected chi connectivity index (χ4v) is 3.91. The van der Waals surface area contributed by atoms with E-state index < -0.39 is 23.6 Å². The molecular weight excluding hydrogens is 487 g/mol. The van der Waals surface area contributed by atoms with E-state index in [1.54, 1.807) is 38.1 Å². The van der Waals surface area contributed by atoms with Crippen molar-refractivity contribution >= 4 is 27.6 Å². The van der Waals surface area contributed by atoms with Crippen LogP contribution in [0, 0.1) is 11.3 Å². The molecular formula is C23H19BrF3N3O2. The zero-order chi connectivity index (χ0) is 23.6. The van der Waals surface area contributed by atoms with Crippen LogP contribution in [0.5, 0.6) is 0 Å². The first kappa shape index (κ1) is 23.4. The van der Waals surface area contributed by atoms with E-state index in [9.17, 15) is 23.2 Å². The highest BCUT2D eigenvalue weighted by atomic mass is 79.9. The molecule has 0 saturated heterocycles. The number of hydrogen-bond donors (Lipinski definition) is 1. The molecule has 2 aromatic rings. The minimum Gasteiger partial charge on any atom is -0.463 e. The lowest BCUT2D eigenvalue weighted by atomic mass is 9.81. The Morgan fingerprint density at radius 2 is 1.91 bits per heavy atom. The third kappa shape index (κ3) is 4.36. The molecule has 32 heavy (non-hydrogen) atoms. The Balaban J connectivity index is 2.27. The number of benzene rings is 2. The van der Waals surface area contributed by atoms with Crippen molar-refractivity contribution in [1.82, 2.24) is 0 Å². The molecule has 1 heterocycles. The first-order chi connectivity index (χ1) is 15.1. The lowest BCUT2D eigenvalue weighted by molar-refractivity contribution is -0.139. The van der Waals surface area contributed by atoms with E-state index in [0.29, 0.717) is 11.3 Å². The fraction of sp³-hybridized carbons (Fsp3) is 0.217. The first-order valence-corrected chi connectivity index (χ1v) is 10.4. The predicted octanol–water partition coefficient (Wildman–Crippen LogP) is 5.60. The van der Waals surface area contributed by atoms with Gasteiger partial charge in [0.1, 0.15) is 5.82 Å². The number of anilines is 1. The normalized spacial score (nSPS) is 16.8. The number of alkyl halides is 3. The Labute approximate surface area is 191 Å². The van der Waals surface area contributed by atoms with E-state index in [-0.39, 0.29) is 29.3 Å². The minimum atomic E-state index is -4.57. The number of halogens is 4. The van der Waals surface area contributed by atoms with Crippen LogP contribution in [0.15, 0.2) is 75.7 Å². The summed E-state index contributed by atoms with van der Waals surface area (Å²) in [4.78, 5) is 14.2. The maximum absolute atomic E-state index is 13.3. The molecule has 5 nitrogen and oxygen atoms in total. The van der Waals surface area contributed by atoms with Crippen LogP contribution in [-0.2, 0) is 15.7 Å². The lowest BCUT2D eigenvalue weighted by Gasteiger charge is -2.36. The highest BCUT2D eigenvalue weighted by Gasteiger charge is 2.39. The number of carbonyl (C=O) groups is 1. The van der Waals surface area contributed by atoms with Gasteiger partial charge in [0.2, 0.25) is 0 Å². The Bertz CT molecular complexity index is 1150. The molecule has 166 valence electrons. The quantitative estimate of drug-likeness (QED) is 0.546. The predicted molar refractivity (Wildman–Crippen MR) is 117 cm³/mol. The van der Waals surface area contributed by atoms with E-state index in [0.717, 1.165) is 16.6 Å². The molecule has 0 spiro atoms. The average molecular weight is 506 g/mol. The summed E-state index contributed by atoms with van der Waals surface area (Å²) in [5.74, 6) is -1.66. The van der Waals surface area contributed by atoms with Crippen molar-refractivity contribution in [3.8, 4) is 6.07 Å². The highest BCUT2D eigenvalue weighted by molar-refractivity contribution is 9.10. The summed E-state index contributed by atoms with van der Waals surface area (Å²) in [6.07, 6.45) is -4.57. The van der Waals surface area contributed by atoms with Crippen LogP contribution in [0.3, 0.4) is 0 Å². The fourth-order valence-electron chi connectivity index (χ4n) is 3.64. The molecule has 0 fully saturated rings. The number of hydrogen-bond acceptors (Lipinski definition) is 5. The number of carbonyl (C=O) groups excluding carboxylic acids is 1. The molecule has 0 radical (unpaired) electrons. The van der Waals surface area contributed by atoms with Crippen molar-refractivity contribution in [3.05, 3.63) is 86.8 Å². The van der Waals surface area contributed by atoms with E-state index >= 15 is 0 Å². The van der Waals surface area contributed by atoms with Gasteiger partial charge in [0.25, 0.3) is 0 Å². The molecule has 1 atom stereocenters. The van der Waals surface area contributed by atoms with Gasteiger partial charge >= 0.3 is 12.1 Å². The Hall–Kier alpha value is -3.25. The molecule has 1 aliphatic heterocycles. The maximum Gasteiger partial charge on any atom is 0.416 e. The molecule has 0 saturated carbocycles. The van der Waals surface area contributed by atoms with Crippen molar-refractivity contribution < 1.29 is 22.7 Å². The summed E-state index contributed by atoms with van der Waals surface area (Å²) in [7, 11) is 0. The maximum atomic E-state index is 13.3. The van der Waals surface area contributed by atoms with Crippen molar-refractivity contribution in [1.29, 1.82) is 5.26 Å². The smallest absolute Gasteiger partial charge is 0.416 e. The van der Waals surface area contributed by atoms with Gasteiger partial charge in [-0.15, -0.1) is 0 Å². The van der Waals surface area contributed by atoms with Crippen LogP contribution in [0.1, 0.15) is 30.9 Å². The van der Waals surface area contributed by atoms with Gasteiger partial charge in [-0.1, -0.05) is 34.1 Å². The first-order valence-electron chi connectivity index (χ1n) is 9.60. The molecule has 0 bridgehead atoms. The number of ether oxygens (including phenoxy) is 1. The van der Waals surface area contributed by atoms with E-state index in [1.807, 2.05) is 0 Å². The largest absolute Gasteiger partial charge is 0.463 e. The van der Waals surface area contributed by atoms with Gasteiger partial charge in [-0.25, -0.2) is 4.79 Å². The molecule has 1 unspecified atom stereocenters. The van der Waals surface area contributed by atoms with E-state index in [4.69, 9.17) is 10.5 Å². The number of rotatable bonds is 4. The van der Waals surface area contributed by atoms with Gasteiger partial charge < -0.3 is 10.5 Å². The van der Waals surface area contributed by atoms with Crippen molar-refractivity contribution in [2.24, 2.45) is 5.73 Å². The molecule has 0 aliphatic carbocycles. The van der Waals surface area contributed by atoms with Crippen LogP contribution in [-0.4, -0.2) is 12.6 Å². The van der Waals surface area contributed by atoms with Gasteiger partial charge in [-0.2, -0.15) is 18.4 Å².